The number of carbonyl (C=O) groups excluding carboxylic acids is 1. The van der Waals surface area contributed by atoms with Crippen LogP contribution in [0, 0.1) is 5.41 Å². The predicted molar refractivity (Wildman–Crippen MR) is 76.1 cm³/mol. The summed E-state index contributed by atoms with van der Waals surface area (Å²) in [4.78, 5) is 32.5. The largest absolute Gasteiger partial charge is 0.476 e. The Kier molecular flexibility index (Phi) is 3.67. The van der Waals surface area contributed by atoms with Crippen molar-refractivity contribution in [2.24, 2.45) is 5.41 Å². The molecule has 0 bridgehead atoms. The van der Waals surface area contributed by atoms with Crippen LogP contribution in [-0.2, 0) is 0 Å². The fraction of sp³-hybridized carbons (Fsp3) is 0.286. The summed E-state index contributed by atoms with van der Waals surface area (Å²) in [6.07, 6.45) is 1.30. The van der Waals surface area contributed by atoms with Crippen molar-refractivity contribution in [3.8, 4) is 10.7 Å². The lowest BCUT2D eigenvalue weighted by atomic mass is 9.86. The number of Topliss-reactive ketones (excluding diaryl/α,β-unsaturated/α-hetero) is 1. The smallest absolute Gasteiger partial charge is 0.355 e. The third-order valence-corrected chi connectivity index (χ3v) is 3.52. The molecule has 0 atom stereocenters. The molecule has 0 aliphatic heterocycles. The number of hydrogen-bond acceptors (Lipinski definition) is 5. The Morgan fingerprint density at radius 3 is 2.50 bits per heavy atom. The quantitative estimate of drug-likeness (QED) is 0.878. The van der Waals surface area contributed by atoms with E-state index in [0.29, 0.717) is 5.82 Å². The Labute approximate surface area is 120 Å². The number of carboxylic acids is 1. The standard InChI is InChI=1S/C14H14N2O3S/c1-14(2,3)11(17)8-7-15-12(9-5-4-6-20-9)16-10(8)13(18)19/h4-7H,1-3H3,(H,18,19). The Bertz CT molecular complexity index is 658. The van der Waals surface area contributed by atoms with Crippen molar-refractivity contribution in [2.75, 3.05) is 0 Å². The topological polar surface area (TPSA) is 80.2 Å². The van der Waals surface area contributed by atoms with Crippen molar-refractivity contribution in [1.82, 2.24) is 9.97 Å². The van der Waals surface area contributed by atoms with Crippen LogP contribution >= 0.6 is 11.3 Å². The van der Waals surface area contributed by atoms with Crippen molar-refractivity contribution in [2.45, 2.75) is 20.8 Å². The van der Waals surface area contributed by atoms with Gasteiger partial charge < -0.3 is 5.11 Å². The molecule has 1 N–H and O–H groups in total. The van der Waals surface area contributed by atoms with Crippen molar-refractivity contribution in [1.29, 1.82) is 0 Å². The van der Waals surface area contributed by atoms with Crippen LogP contribution in [0.25, 0.3) is 10.7 Å². The summed E-state index contributed by atoms with van der Waals surface area (Å²) >= 11 is 1.41. The minimum absolute atomic E-state index is 0.0466. The van der Waals surface area contributed by atoms with E-state index in [0.717, 1.165) is 4.88 Å². The predicted octanol–water partition coefficient (Wildman–Crippen LogP) is 3.13. The highest BCUT2D eigenvalue weighted by molar-refractivity contribution is 7.13. The van der Waals surface area contributed by atoms with Crippen LogP contribution in [0.3, 0.4) is 0 Å². The second kappa shape index (κ2) is 5.13. The minimum atomic E-state index is -1.22. The van der Waals surface area contributed by atoms with Crippen molar-refractivity contribution < 1.29 is 14.7 Å². The van der Waals surface area contributed by atoms with Crippen molar-refractivity contribution in [3.63, 3.8) is 0 Å². The number of nitrogens with zero attached hydrogens (tertiary/aromatic N) is 2. The third kappa shape index (κ3) is 2.75. The van der Waals surface area contributed by atoms with Gasteiger partial charge in [0.2, 0.25) is 0 Å². The van der Waals surface area contributed by atoms with Crippen LogP contribution in [0.2, 0.25) is 0 Å². The van der Waals surface area contributed by atoms with E-state index in [1.807, 2.05) is 11.4 Å². The maximum Gasteiger partial charge on any atom is 0.355 e. The Morgan fingerprint density at radius 2 is 2.00 bits per heavy atom. The molecule has 2 aromatic rings. The highest BCUT2D eigenvalue weighted by atomic mass is 32.1. The van der Waals surface area contributed by atoms with Gasteiger partial charge in [-0.15, -0.1) is 11.3 Å². The molecule has 0 saturated carbocycles. The maximum atomic E-state index is 12.2. The summed E-state index contributed by atoms with van der Waals surface area (Å²) < 4.78 is 0. The van der Waals surface area contributed by atoms with Crippen LogP contribution in [0.15, 0.2) is 23.7 Å². The first-order chi connectivity index (χ1) is 9.30. The molecule has 0 amide bonds. The van der Waals surface area contributed by atoms with Gasteiger partial charge in [-0.3, -0.25) is 4.79 Å². The molecule has 0 aliphatic carbocycles. The lowest BCUT2D eigenvalue weighted by Crippen LogP contribution is -2.24. The number of ketones is 1. The first kappa shape index (κ1) is 14.3. The molecule has 0 saturated heterocycles. The molecule has 0 aromatic carbocycles. The molecule has 2 heterocycles. The summed E-state index contributed by atoms with van der Waals surface area (Å²) in [5, 5.41) is 11.1. The van der Waals surface area contributed by atoms with Crippen LogP contribution < -0.4 is 0 Å². The summed E-state index contributed by atoms with van der Waals surface area (Å²) in [6, 6.07) is 3.63. The SMILES string of the molecule is CC(C)(C)C(=O)c1cnc(-c2cccs2)nc1C(=O)O. The van der Waals surface area contributed by atoms with Crippen molar-refractivity contribution >= 4 is 23.1 Å². The van der Waals surface area contributed by atoms with E-state index in [1.165, 1.54) is 17.5 Å². The zero-order chi connectivity index (χ0) is 14.9. The lowest BCUT2D eigenvalue weighted by Gasteiger charge is -2.17. The average Bonchev–Trinajstić information content (AvgIpc) is 2.89. The number of carbonyl (C=O) groups is 2. The minimum Gasteiger partial charge on any atom is -0.476 e. The van der Waals surface area contributed by atoms with E-state index >= 15 is 0 Å². The van der Waals surface area contributed by atoms with Crippen LogP contribution in [-0.4, -0.2) is 26.8 Å². The van der Waals surface area contributed by atoms with Crippen molar-refractivity contribution in [3.05, 3.63) is 35.0 Å². The number of hydrogen-bond donors (Lipinski definition) is 1. The molecular formula is C14H14N2O3S. The zero-order valence-electron chi connectivity index (χ0n) is 11.4. The van der Waals surface area contributed by atoms with Crippen LogP contribution in [0.4, 0.5) is 0 Å². The molecule has 0 radical (unpaired) electrons. The molecule has 5 nitrogen and oxygen atoms in total. The van der Waals surface area contributed by atoms with Crippen LogP contribution in [0.1, 0.15) is 41.6 Å². The van der Waals surface area contributed by atoms with E-state index in [2.05, 4.69) is 9.97 Å². The molecule has 6 heteroatoms. The van der Waals surface area contributed by atoms with E-state index < -0.39 is 11.4 Å². The first-order valence-electron chi connectivity index (χ1n) is 5.99. The summed E-state index contributed by atoms with van der Waals surface area (Å²) in [6.45, 7) is 5.19. The third-order valence-electron chi connectivity index (χ3n) is 2.66. The van der Waals surface area contributed by atoms with Gasteiger partial charge in [-0.2, -0.15) is 0 Å². The van der Waals surface area contributed by atoms with Gasteiger partial charge in [0.1, 0.15) is 0 Å². The number of aromatic nitrogens is 2. The van der Waals surface area contributed by atoms with Gasteiger partial charge in [-0.05, 0) is 11.4 Å². The normalized spacial score (nSPS) is 11.3. The Balaban J connectivity index is 2.55. The first-order valence-corrected chi connectivity index (χ1v) is 6.87. The zero-order valence-corrected chi connectivity index (χ0v) is 12.2. The molecule has 0 unspecified atom stereocenters. The van der Waals surface area contributed by atoms with Crippen LogP contribution in [0.5, 0.6) is 0 Å². The van der Waals surface area contributed by atoms with E-state index in [-0.39, 0.29) is 17.0 Å². The van der Waals surface area contributed by atoms with Gasteiger partial charge >= 0.3 is 5.97 Å². The second-order valence-corrected chi connectivity index (χ2v) is 6.27. The molecule has 0 fully saturated rings. The lowest BCUT2D eigenvalue weighted by molar-refractivity contribution is 0.0680. The van der Waals surface area contributed by atoms with E-state index in [9.17, 15) is 14.7 Å². The monoisotopic (exact) mass is 290 g/mol. The average molecular weight is 290 g/mol. The molecule has 20 heavy (non-hydrogen) atoms. The van der Waals surface area contributed by atoms with Gasteiger partial charge in [-0.25, -0.2) is 14.8 Å². The molecule has 0 aliphatic rings. The summed E-state index contributed by atoms with van der Waals surface area (Å²) in [5.74, 6) is -1.19. The summed E-state index contributed by atoms with van der Waals surface area (Å²) in [7, 11) is 0. The second-order valence-electron chi connectivity index (χ2n) is 5.32. The van der Waals surface area contributed by atoms with Gasteiger partial charge in [0.15, 0.2) is 17.3 Å². The van der Waals surface area contributed by atoms with Gasteiger partial charge in [0.25, 0.3) is 0 Å². The highest BCUT2D eigenvalue weighted by Gasteiger charge is 2.29. The number of rotatable bonds is 3. The van der Waals surface area contributed by atoms with Gasteiger partial charge in [-0.1, -0.05) is 26.8 Å². The fourth-order valence-electron chi connectivity index (χ4n) is 1.64. The molecule has 0 spiro atoms. The number of carboxylic acid groups (broad SMARTS) is 1. The van der Waals surface area contributed by atoms with Gasteiger partial charge in [0, 0.05) is 11.6 Å². The number of aromatic carboxylic acids is 1. The molecule has 2 aromatic heterocycles. The fourth-order valence-corrected chi connectivity index (χ4v) is 2.30. The molecular weight excluding hydrogens is 276 g/mol. The van der Waals surface area contributed by atoms with E-state index in [1.54, 1.807) is 26.8 Å². The molecule has 2 rings (SSSR count). The van der Waals surface area contributed by atoms with E-state index in [4.69, 9.17) is 0 Å². The Hall–Kier alpha value is -2.08. The summed E-state index contributed by atoms with van der Waals surface area (Å²) in [5.41, 5.74) is -0.883. The van der Waals surface area contributed by atoms with Gasteiger partial charge in [0.05, 0.1) is 10.4 Å². The Morgan fingerprint density at radius 1 is 1.30 bits per heavy atom. The molecule has 104 valence electrons. The number of thiophene rings is 1. The maximum absolute atomic E-state index is 12.2. The highest BCUT2D eigenvalue weighted by Crippen LogP contribution is 2.25.